The van der Waals surface area contributed by atoms with Crippen molar-refractivity contribution in [2.45, 2.75) is 13.5 Å². The van der Waals surface area contributed by atoms with Gasteiger partial charge < -0.3 is 9.84 Å². The Balaban J connectivity index is 0.00000256. The van der Waals surface area contributed by atoms with Crippen LogP contribution >= 0.6 is 0 Å². The summed E-state index contributed by atoms with van der Waals surface area (Å²) < 4.78 is 5.23. The maximum absolute atomic E-state index is 10.5. The van der Waals surface area contributed by atoms with Crippen LogP contribution in [0.2, 0.25) is 0 Å². The molecule has 0 atom stereocenters. The van der Waals surface area contributed by atoms with Gasteiger partial charge in [-0.25, -0.2) is 0 Å². The minimum atomic E-state index is -0.825. The smallest absolute Gasteiger partial charge is 0.317 e. The molecule has 0 unspecified atom stereocenters. The Labute approximate surface area is 112 Å². The van der Waals surface area contributed by atoms with E-state index in [2.05, 4.69) is 0 Å². The fraction of sp³-hybridized carbons (Fsp3) is 0.417. The van der Waals surface area contributed by atoms with Crippen LogP contribution in [0.4, 0.5) is 0 Å². The number of aryl methyl sites for hydroxylation is 1. The molecule has 5 heteroatoms. The number of likely N-dealkylation sites (N-methyl/N-ethyl adjacent to an activating group) is 1. The average molecular weight is 279 g/mol. The first-order chi connectivity index (χ1) is 7.52. The van der Waals surface area contributed by atoms with E-state index in [1.807, 2.05) is 25.1 Å². The first-order valence-corrected chi connectivity index (χ1v) is 5.06. The summed E-state index contributed by atoms with van der Waals surface area (Å²) in [5, 5.41) is 8.67. The number of methoxy groups -OCH3 is 1. The first-order valence-electron chi connectivity index (χ1n) is 5.06. The quantitative estimate of drug-likeness (QED) is 0.830. The predicted octanol–water partition coefficient (Wildman–Crippen LogP) is 1.52. The molecular formula is C12H17FeNO3. The molecule has 4 nitrogen and oxygen atoms in total. The van der Waals surface area contributed by atoms with Crippen LogP contribution in [0.5, 0.6) is 5.75 Å². The molecule has 0 saturated carbocycles. The van der Waals surface area contributed by atoms with Crippen LogP contribution in [0.15, 0.2) is 18.2 Å². The molecular weight excluding hydrogens is 262 g/mol. The first kappa shape index (κ1) is 16.0. The molecule has 17 heavy (non-hydrogen) atoms. The van der Waals surface area contributed by atoms with Gasteiger partial charge in [0, 0.05) is 29.2 Å². The van der Waals surface area contributed by atoms with Crippen molar-refractivity contribution in [1.29, 1.82) is 0 Å². The second-order valence-corrected chi connectivity index (χ2v) is 3.88. The van der Waals surface area contributed by atoms with Gasteiger partial charge in [-0.3, -0.25) is 9.69 Å². The minimum absolute atomic E-state index is 0. The standard InChI is InChI=1S/C12H17NO3.Fe/c1-9-4-5-11(16-3)10(6-9)7-13(2)8-12(14)15;/h4-6H,7-8H2,1-3H3,(H,14,15);. The molecule has 0 aliphatic heterocycles. The Morgan fingerprint density at radius 2 is 2.12 bits per heavy atom. The third-order valence-electron chi connectivity index (χ3n) is 2.28. The van der Waals surface area contributed by atoms with Crippen LogP contribution in [0.1, 0.15) is 11.1 Å². The summed E-state index contributed by atoms with van der Waals surface area (Å²) in [6.45, 7) is 2.59. The van der Waals surface area contributed by atoms with Crippen molar-refractivity contribution in [3.63, 3.8) is 0 Å². The second kappa shape index (κ2) is 7.33. The van der Waals surface area contributed by atoms with Gasteiger partial charge in [-0.15, -0.1) is 0 Å². The van der Waals surface area contributed by atoms with E-state index in [4.69, 9.17) is 9.84 Å². The van der Waals surface area contributed by atoms with Gasteiger partial charge in [0.05, 0.1) is 13.7 Å². The molecule has 1 rings (SSSR count). The number of aliphatic carboxylic acids is 1. The maximum Gasteiger partial charge on any atom is 0.317 e. The van der Waals surface area contributed by atoms with Crippen LogP contribution in [0, 0.1) is 6.92 Å². The molecule has 0 spiro atoms. The van der Waals surface area contributed by atoms with Crippen molar-refractivity contribution in [3.05, 3.63) is 29.3 Å². The summed E-state index contributed by atoms with van der Waals surface area (Å²) in [6, 6.07) is 5.88. The SMILES string of the molecule is COc1ccc(C)cc1CN(C)CC(=O)O.[Fe]. The van der Waals surface area contributed by atoms with Gasteiger partial charge in [-0.1, -0.05) is 17.7 Å². The van der Waals surface area contributed by atoms with Crippen LogP contribution in [-0.2, 0) is 28.4 Å². The summed E-state index contributed by atoms with van der Waals surface area (Å²) in [7, 11) is 3.39. The third-order valence-corrected chi connectivity index (χ3v) is 2.28. The molecule has 0 fully saturated rings. The zero-order valence-corrected chi connectivity index (χ0v) is 11.3. The number of carboxylic acid groups (broad SMARTS) is 1. The van der Waals surface area contributed by atoms with Crippen molar-refractivity contribution in [2.24, 2.45) is 0 Å². The Hall–Kier alpha value is -1.03. The number of carbonyl (C=O) groups is 1. The third kappa shape index (κ3) is 5.22. The van der Waals surface area contributed by atoms with Crippen molar-refractivity contribution < 1.29 is 31.7 Å². The molecule has 1 aromatic carbocycles. The molecule has 0 bridgehead atoms. The van der Waals surface area contributed by atoms with Gasteiger partial charge in [0.2, 0.25) is 0 Å². The molecule has 1 N–H and O–H groups in total. The van der Waals surface area contributed by atoms with Gasteiger partial charge in [-0.2, -0.15) is 0 Å². The molecule has 0 amide bonds. The maximum atomic E-state index is 10.5. The second-order valence-electron chi connectivity index (χ2n) is 3.88. The Morgan fingerprint density at radius 1 is 1.47 bits per heavy atom. The number of hydrogen-bond donors (Lipinski definition) is 1. The largest absolute Gasteiger partial charge is 0.496 e. The van der Waals surface area contributed by atoms with Crippen LogP contribution < -0.4 is 4.74 Å². The fourth-order valence-corrected chi connectivity index (χ4v) is 1.61. The Bertz CT molecular complexity index is 382. The number of nitrogens with zero attached hydrogens (tertiary/aromatic N) is 1. The van der Waals surface area contributed by atoms with E-state index in [-0.39, 0.29) is 23.6 Å². The van der Waals surface area contributed by atoms with Crippen molar-refractivity contribution in [1.82, 2.24) is 4.90 Å². The summed E-state index contributed by atoms with van der Waals surface area (Å²) in [4.78, 5) is 12.3. The molecule has 0 aromatic heterocycles. The van der Waals surface area contributed by atoms with E-state index in [0.717, 1.165) is 16.9 Å². The van der Waals surface area contributed by atoms with E-state index in [9.17, 15) is 4.79 Å². The minimum Gasteiger partial charge on any atom is -0.496 e. The molecule has 0 saturated heterocycles. The van der Waals surface area contributed by atoms with E-state index in [1.165, 1.54) is 0 Å². The molecule has 96 valence electrons. The average Bonchev–Trinajstić information content (AvgIpc) is 2.16. The van der Waals surface area contributed by atoms with Gasteiger partial charge >= 0.3 is 5.97 Å². The molecule has 1 aromatic rings. The monoisotopic (exact) mass is 279 g/mol. The van der Waals surface area contributed by atoms with Crippen molar-refractivity contribution in [3.8, 4) is 5.75 Å². The van der Waals surface area contributed by atoms with Crippen molar-refractivity contribution in [2.75, 3.05) is 20.7 Å². The van der Waals surface area contributed by atoms with E-state index in [1.54, 1.807) is 19.1 Å². The fourth-order valence-electron chi connectivity index (χ4n) is 1.61. The van der Waals surface area contributed by atoms with Crippen molar-refractivity contribution >= 4 is 5.97 Å². The topological polar surface area (TPSA) is 49.8 Å². The number of benzene rings is 1. The predicted molar refractivity (Wildman–Crippen MR) is 61.7 cm³/mol. The Morgan fingerprint density at radius 3 is 2.65 bits per heavy atom. The number of carboxylic acids is 1. The molecule has 0 aliphatic carbocycles. The van der Waals surface area contributed by atoms with E-state index < -0.39 is 5.97 Å². The summed E-state index contributed by atoms with van der Waals surface area (Å²) in [5.74, 6) is -0.0306. The molecule has 0 heterocycles. The van der Waals surface area contributed by atoms with E-state index in [0.29, 0.717) is 6.54 Å². The zero-order valence-electron chi connectivity index (χ0n) is 10.2. The summed E-state index contributed by atoms with van der Waals surface area (Å²) in [5.41, 5.74) is 2.14. The van der Waals surface area contributed by atoms with Gasteiger partial charge in [0.15, 0.2) is 0 Å². The molecule has 0 radical (unpaired) electrons. The number of ether oxygens (including phenoxy) is 1. The summed E-state index contributed by atoms with van der Waals surface area (Å²) in [6.07, 6.45) is 0. The van der Waals surface area contributed by atoms with Gasteiger partial charge in [0.1, 0.15) is 5.75 Å². The Kier molecular flexibility index (Phi) is 6.88. The van der Waals surface area contributed by atoms with Crippen LogP contribution in [0.25, 0.3) is 0 Å². The summed E-state index contributed by atoms with van der Waals surface area (Å²) >= 11 is 0. The zero-order chi connectivity index (χ0) is 12.1. The van der Waals surface area contributed by atoms with Crippen LogP contribution in [-0.4, -0.2) is 36.7 Å². The van der Waals surface area contributed by atoms with E-state index >= 15 is 0 Å². The van der Waals surface area contributed by atoms with Crippen LogP contribution in [0.3, 0.4) is 0 Å². The molecule has 0 aliphatic rings. The number of rotatable bonds is 5. The number of hydrogen-bond acceptors (Lipinski definition) is 3. The van der Waals surface area contributed by atoms with Gasteiger partial charge in [0.25, 0.3) is 0 Å². The normalized spacial score (nSPS) is 9.88. The van der Waals surface area contributed by atoms with Gasteiger partial charge in [-0.05, 0) is 20.0 Å².